The minimum absolute atomic E-state index is 0.173. The molecular formula is C25H22Cl2N2O5. The van der Waals surface area contributed by atoms with Gasteiger partial charge in [0.2, 0.25) is 0 Å². The van der Waals surface area contributed by atoms with E-state index in [1.807, 2.05) is 6.92 Å². The fraction of sp³-hybridized carbons (Fsp3) is 0.160. The summed E-state index contributed by atoms with van der Waals surface area (Å²) >= 11 is 11.9. The molecule has 9 heteroatoms. The highest BCUT2D eigenvalue weighted by molar-refractivity contribution is 6.36. The maximum Gasteiger partial charge on any atom is 0.345 e. The van der Waals surface area contributed by atoms with E-state index in [9.17, 15) is 9.59 Å². The SMILES string of the molecule is CCCOc1ccc(C(=O)N/N=C\c2ccc(OC(=O)c3ccc(Cl)cc3Cl)c(OC)c2)cc1. The third-order valence-corrected chi connectivity index (χ3v) is 5.06. The molecule has 0 unspecified atom stereocenters. The Balaban J connectivity index is 1.63. The van der Waals surface area contributed by atoms with Crippen LogP contribution in [-0.4, -0.2) is 31.8 Å². The maximum absolute atomic E-state index is 12.5. The second-order valence-corrected chi connectivity index (χ2v) is 7.84. The number of methoxy groups -OCH3 is 1. The summed E-state index contributed by atoms with van der Waals surface area (Å²) in [4.78, 5) is 24.7. The Bertz CT molecular complexity index is 1200. The van der Waals surface area contributed by atoms with E-state index in [1.54, 1.807) is 48.5 Å². The van der Waals surface area contributed by atoms with E-state index in [-0.39, 0.29) is 22.2 Å². The van der Waals surface area contributed by atoms with Crippen molar-refractivity contribution in [3.63, 3.8) is 0 Å². The number of carbonyl (C=O) groups excluding carboxylic acids is 2. The first-order valence-electron chi connectivity index (χ1n) is 10.3. The molecule has 0 aliphatic carbocycles. The first kappa shape index (κ1) is 25.1. The van der Waals surface area contributed by atoms with Crippen LogP contribution < -0.4 is 19.6 Å². The highest BCUT2D eigenvalue weighted by Gasteiger charge is 2.16. The predicted octanol–water partition coefficient (Wildman–Crippen LogP) is 5.77. The number of ether oxygens (including phenoxy) is 3. The van der Waals surface area contributed by atoms with Crippen molar-refractivity contribution in [2.75, 3.05) is 13.7 Å². The third kappa shape index (κ3) is 6.73. The molecule has 0 fully saturated rings. The van der Waals surface area contributed by atoms with E-state index in [2.05, 4.69) is 10.5 Å². The molecule has 0 atom stereocenters. The van der Waals surface area contributed by atoms with Crippen molar-refractivity contribution in [2.45, 2.75) is 13.3 Å². The lowest BCUT2D eigenvalue weighted by atomic mass is 10.2. The monoisotopic (exact) mass is 500 g/mol. The van der Waals surface area contributed by atoms with Gasteiger partial charge in [0, 0.05) is 10.6 Å². The molecule has 3 aromatic carbocycles. The summed E-state index contributed by atoms with van der Waals surface area (Å²) in [7, 11) is 1.44. The van der Waals surface area contributed by atoms with Crippen molar-refractivity contribution in [3.05, 3.63) is 87.4 Å². The normalized spacial score (nSPS) is 10.7. The summed E-state index contributed by atoms with van der Waals surface area (Å²) in [6.45, 7) is 2.64. The summed E-state index contributed by atoms with van der Waals surface area (Å²) in [5.74, 6) is 0.185. The van der Waals surface area contributed by atoms with E-state index in [1.165, 1.54) is 25.5 Å². The van der Waals surface area contributed by atoms with E-state index < -0.39 is 5.97 Å². The fourth-order valence-electron chi connectivity index (χ4n) is 2.81. The maximum atomic E-state index is 12.5. The van der Waals surface area contributed by atoms with Crippen LogP contribution in [0.2, 0.25) is 10.0 Å². The standard InChI is InChI=1S/C25H22Cl2N2O5/c1-3-12-33-19-8-5-17(6-9-19)24(30)29-28-15-16-4-11-22(23(13-16)32-2)34-25(31)20-10-7-18(26)14-21(20)27/h4-11,13-15H,3,12H2,1-2H3,(H,29,30)/b28-15-. The first-order valence-corrected chi connectivity index (χ1v) is 11.1. The van der Waals surface area contributed by atoms with E-state index in [0.717, 1.165) is 6.42 Å². The molecular weight excluding hydrogens is 479 g/mol. The van der Waals surface area contributed by atoms with Crippen LogP contribution >= 0.6 is 23.2 Å². The van der Waals surface area contributed by atoms with Crippen LogP contribution in [0.25, 0.3) is 0 Å². The summed E-state index contributed by atoms with van der Waals surface area (Å²) < 4.78 is 16.2. The number of amides is 1. The lowest BCUT2D eigenvalue weighted by Gasteiger charge is -2.10. The van der Waals surface area contributed by atoms with E-state index in [4.69, 9.17) is 37.4 Å². The Kier molecular flexibility index (Phi) is 8.90. The average molecular weight is 501 g/mol. The van der Waals surface area contributed by atoms with Crippen LogP contribution in [0.1, 0.15) is 39.6 Å². The molecule has 3 aromatic rings. The van der Waals surface area contributed by atoms with Crippen molar-refractivity contribution >= 4 is 41.3 Å². The highest BCUT2D eigenvalue weighted by atomic mass is 35.5. The zero-order chi connectivity index (χ0) is 24.5. The number of carbonyl (C=O) groups is 2. The molecule has 1 amide bonds. The molecule has 0 saturated carbocycles. The van der Waals surface area contributed by atoms with Crippen molar-refractivity contribution in [2.24, 2.45) is 5.10 Å². The molecule has 7 nitrogen and oxygen atoms in total. The van der Waals surface area contributed by atoms with Crippen molar-refractivity contribution in [1.29, 1.82) is 0 Å². The van der Waals surface area contributed by atoms with Gasteiger partial charge >= 0.3 is 5.97 Å². The van der Waals surface area contributed by atoms with Crippen LogP contribution in [0, 0.1) is 0 Å². The van der Waals surface area contributed by atoms with Crippen molar-refractivity contribution in [1.82, 2.24) is 5.43 Å². The quantitative estimate of drug-likeness (QED) is 0.174. The lowest BCUT2D eigenvalue weighted by molar-refractivity contribution is 0.0729. The topological polar surface area (TPSA) is 86.2 Å². The number of nitrogens with zero attached hydrogens (tertiary/aromatic N) is 1. The number of esters is 1. The number of nitrogens with one attached hydrogen (secondary N) is 1. The largest absolute Gasteiger partial charge is 0.494 e. The molecule has 34 heavy (non-hydrogen) atoms. The van der Waals surface area contributed by atoms with Crippen molar-refractivity contribution < 1.29 is 23.8 Å². The number of halogens is 2. The molecule has 0 aliphatic heterocycles. The molecule has 0 aromatic heterocycles. The van der Waals surface area contributed by atoms with Gasteiger partial charge in [-0.2, -0.15) is 5.10 Å². The number of rotatable bonds is 9. The van der Waals surface area contributed by atoms with Gasteiger partial charge in [0.25, 0.3) is 5.91 Å². The van der Waals surface area contributed by atoms with Gasteiger partial charge in [-0.1, -0.05) is 30.1 Å². The number of hydrazone groups is 1. The summed E-state index contributed by atoms with van der Waals surface area (Å²) in [6, 6.07) is 16.1. The Hall–Kier alpha value is -3.55. The lowest BCUT2D eigenvalue weighted by Crippen LogP contribution is -2.17. The Labute approximate surface area is 207 Å². The molecule has 3 rings (SSSR count). The van der Waals surface area contributed by atoms with Gasteiger partial charge in [-0.05, 0) is 72.6 Å². The summed E-state index contributed by atoms with van der Waals surface area (Å²) in [6.07, 6.45) is 2.35. The van der Waals surface area contributed by atoms with Gasteiger partial charge in [0.1, 0.15) is 5.75 Å². The van der Waals surface area contributed by atoms with Crippen LogP contribution in [-0.2, 0) is 0 Å². The van der Waals surface area contributed by atoms with Gasteiger partial charge in [-0.25, -0.2) is 10.2 Å². The van der Waals surface area contributed by atoms with E-state index >= 15 is 0 Å². The van der Waals surface area contributed by atoms with Gasteiger partial charge in [0.05, 0.1) is 30.5 Å². The molecule has 0 spiro atoms. The Morgan fingerprint density at radius 2 is 1.76 bits per heavy atom. The summed E-state index contributed by atoms with van der Waals surface area (Å²) in [5.41, 5.74) is 3.70. The molecule has 0 saturated heterocycles. The van der Waals surface area contributed by atoms with Crippen LogP contribution in [0.4, 0.5) is 0 Å². The molecule has 1 N–H and O–H groups in total. The molecule has 0 radical (unpaired) electrons. The molecule has 176 valence electrons. The van der Waals surface area contributed by atoms with Crippen LogP contribution in [0.3, 0.4) is 0 Å². The Morgan fingerprint density at radius 3 is 2.44 bits per heavy atom. The van der Waals surface area contributed by atoms with Gasteiger partial charge in [-0.3, -0.25) is 4.79 Å². The van der Waals surface area contributed by atoms with Gasteiger partial charge in [0.15, 0.2) is 11.5 Å². The Morgan fingerprint density at radius 1 is 1.00 bits per heavy atom. The predicted molar refractivity (Wildman–Crippen MR) is 132 cm³/mol. The molecule has 0 bridgehead atoms. The fourth-order valence-corrected chi connectivity index (χ4v) is 3.30. The first-order chi connectivity index (χ1) is 16.4. The number of hydrogen-bond acceptors (Lipinski definition) is 6. The second-order valence-electron chi connectivity index (χ2n) is 7.00. The van der Waals surface area contributed by atoms with Crippen molar-refractivity contribution in [3.8, 4) is 17.2 Å². The minimum Gasteiger partial charge on any atom is -0.494 e. The third-order valence-electron chi connectivity index (χ3n) is 4.51. The minimum atomic E-state index is -0.653. The zero-order valence-electron chi connectivity index (χ0n) is 18.5. The van der Waals surface area contributed by atoms with Crippen LogP contribution in [0.5, 0.6) is 17.2 Å². The smallest absolute Gasteiger partial charge is 0.345 e. The van der Waals surface area contributed by atoms with Gasteiger partial charge < -0.3 is 14.2 Å². The van der Waals surface area contributed by atoms with E-state index in [0.29, 0.717) is 34.3 Å². The second kappa shape index (κ2) is 12.1. The zero-order valence-corrected chi connectivity index (χ0v) is 20.0. The number of benzene rings is 3. The molecule has 0 aliphatic rings. The van der Waals surface area contributed by atoms with Gasteiger partial charge in [-0.15, -0.1) is 0 Å². The summed E-state index contributed by atoms with van der Waals surface area (Å²) in [5, 5.41) is 4.56. The number of hydrogen-bond donors (Lipinski definition) is 1. The molecule has 0 heterocycles. The van der Waals surface area contributed by atoms with Crippen LogP contribution in [0.15, 0.2) is 65.8 Å². The average Bonchev–Trinajstić information content (AvgIpc) is 2.83. The highest BCUT2D eigenvalue weighted by Crippen LogP contribution is 2.30.